The van der Waals surface area contributed by atoms with Crippen LogP contribution in [0.25, 0.3) is 11.0 Å². The van der Waals surface area contributed by atoms with Crippen molar-refractivity contribution in [1.82, 2.24) is 14.9 Å². The minimum absolute atomic E-state index is 0.392. The van der Waals surface area contributed by atoms with E-state index in [9.17, 15) is 0 Å². The number of ether oxygens (including phenoxy) is 1. The molecule has 2 heterocycles. The van der Waals surface area contributed by atoms with E-state index in [0.29, 0.717) is 18.8 Å². The molecule has 4 nitrogen and oxygen atoms in total. The van der Waals surface area contributed by atoms with Gasteiger partial charge in [0.05, 0.1) is 17.1 Å². The standard InChI is InChI=1S/C16H21N3O/c1-2-4-15-14(3-1)18-16(19(15)12-5-6-12)11-20-13-7-9-17-10-8-13/h1-4,12-13,17H,5-11H2. The van der Waals surface area contributed by atoms with Gasteiger partial charge in [-0.15, -0.1) is 0 Å². The van der Waals surface area contributed by atoms with E-state index in [1.54, 1.807) is 0 Å². The maximum atomic E-state index is 6.09. The molecule has 1 aromatic heterocycles. The average molecular weight is 271 g/mol. The summed E-state index contributed by atoms with van der Waals surface area (Å²) in [6.07, 6.45) is 5.18. The normalized spacial score (nSPS) is 20.6. The third-order valence-electron chi connectivity index (χ3n) is 4.32. The number of piperidine rings is 1. The molecule has 106 valence electrons. The van der Waals surface area contributed by atoms with Crippen LogP contribution in [0.2, 0.25) is 0 Å². The summed E-state index contributed by atoms with van der Waals surface area (Å²) in [5, 5.41) is 3.37. The second-order valence-electron chi connectivity index (χ2n) is 5.88. The Kier molecular flexibility index (Phi) is 3.20. The van der Waals surface area contributed by atoms with E-state index < -0.39 is 0 Å². The van der Waals surface area contributed by atoms with Crippen LogP contribution < -0.4 is 5.32 Å². The van der Waals surface area contributed by atoms with Gasteiger partial charge < -0.3 is 14.6 Å². The monoisotopic (exact) mass is 271 g/mol. The van der Waals surface area contributed by atoms with Crippen molar-refractivity contribution < 1.29 is 4.74 Å². The molecule has 1 saturated heterocycles. The lowest BCUT2D eigenvalue weighted by molar-refractivity contribution is 0.0166. The molecule has 20 heavy (non-hydrogen) atoms. The van der Waals surface area contributed by atoms with Crippen molar-refractivity contribution in [2.24, 2.45) is 0 Å². The number of para-hydroxylation sites is 2. The molecular formula is C16H21N3O. The topological polar surface area (TPSA) is 39.1 Å². The molecule has 1 aliphatic carbocycles. The second kappa shape index (κ2) is 5.19. The summed E-state index contributed by atoms with van der Waals surface area (Å²) in [7, 11) is 0. The zero-order valence-electron chi connectivity index (χ0n) is 11.7. The number of aromatic nitrogens is 2. The first-order chi connectivity index (χ1) is 9.92. The summed E-state index contributed by atoms with van der Waals surface area (Å²) < 4.78 is 8.49. The van der Waals surface area contributed by atoms with Crippen LogP contribution in [0.1, 0.15) is 37.5 Å². The number of rotatable bonds is 4. The van der Waals surface area contributed by atoms with Gasteiger partial charge in [-0.1, -0.05) is 12.1 Å². The molecule has 1 N–H and O–H groups in total. The molecule has 0 unspecified atom stereocenters. The SMILES string of the molecule is c1ccc2c(c1)nc(COC1CCNCC1)n2C1CC1. The van der Waals surface area contributed by atoms with Gasteiger partial charge in [0.2, 0.25) is 0 Å². The van der Waals surface area contributed by atoms with Crippen LogP contribution in [0.4, 0.5) is 0 Å². The highest BCUT2D eigenvalue weighted by molar-refractivity contribution is 5.76. The summed E-state index contributed by atoms with van der Waals surface area (Å²) in [6.45, 7) is 2.79. The van der Waals surface area contributed by atoms with Gasteiger partial charge in [0.15, 0.2) is 0 Å². The fraction of sp³-hybridized carbons (Fsp3) is 0.562. The predicted octanol–water partition coefficient (Wildman–Crippen LogP) is 2.64. The van der Waals surface area contributed by atoms with Crippen LogP contribution >= 0.6 is 0 Å². The van der Waals surface area contributed by atoms with Gasteiger partial charge in [0.1, 0.15) is 12.4 Å². The quantitative estimate of drug-likeness (QED) is 0.929. The van der Waals surface area contributed by atoms with Gasteiger partial charge in [-0.05, 0) is 50.9 Å². The van der Waals surface area contributed by atoms with E-state index in [2.05, 4.69) is 34.1 Å². The maximum Gasteiger partial charge on any atom is 0.136 e. The van der Waals surface area contributed by atoms with Crippen LogP contribution in [-0.4, -0.2) is 28.7 Å². The Morgan fingerprint density at radius 3 is 2.75 bits per heavy atom. The van der Waals surface area contributed by atoms with Gasteiger partial charge in [-0.3, -0.25) is 0 Å². The minimum atomic E-state index is 0.392. The van der Waals surface area contributed by atoms with Crippen molar-refractivity contribution in [2.75, 3.05) is 13.1 Å². The van der Waals surface area contributed by atoms with Gasteiger partial charge in [0.25, 0.3) is 0 Å². The van der Waals surface area contributed by atoms with Crippen molar-refractivity contribution in [3.8, 4) is 0 Å². The van der Waals surface area contributed by atoms with Gasteiger partial charge in [-0.2, -0.15) is 0 Å². The lowest BCUT2D eigenvalue weighted by Crippen LogP contribution is -2.32. The number of nitrogens with one attached hydrogen (secondary N) is 1. The first kappa shape index (κ1) is 12.4. The third kappa shape index (κ3) is 2.34. The lowest BCUT2D eigenvalue weighted by Gasteiger charge is -2.23. The molecule has 4 heteroatoms. The Morgan fingerprint density at radius 1 is 1.15 bits per heavy atom. The van der Waals surface area contributed by atoms with E-state index in [-0.39, 0.29) is 0 Å². The van der Waals surface area contributed by atoms with E-state index >= 15 is 0 Å². The highest BCUT2D eigenvalue weighted by Gasteiger charge is 2.28. The summed E-state index contributed by atoms with van der Waals surface area (Å²) >= 11 is 0. The maximum absolute atomic E-state index is 6.09. The molecule has 1 aliphatic heterocycles. The van der Waals surface area contributed by atoms with Crippen LogP contribution in [0.5, 0.6) is 0 Å². The lowest BCUT2D eigenvalue weighted by atomic mass is 10.1. The Bertz CT molecular complexity index is 597. The van der Waals surface area contributed by atoms with E-state index in [1.807, 2.05) is 0 Å². The smallest absolute Gasteiger partial charge is 0.136 e. The van der Waals surface area contributed by atoms with Crippen molar-refractivity contribution >= 4 is 11.0 Å². The van der Waals surface area contributed by atoms with Gasteiger partial charge in [0, 0.05) is 6.04 Å². The Labute approximate surface area is 119 Å². The fourth-order valence-corrected chi connectivity index (χ4v) is 3.09. The molecule has 0 radical (unpaired) electrons. The predicted molar refractivity (Wildman–Crippen MR) is 78.7 cm³/mol. The molecule has 1 aromatic carbocycles. The largest absolute Gasteiger partial charge is 0.370 e. The number of imidazole rings is 1. The molecule has 0 atom stereocenters. The molecule has 4 rings (SSSR count). The number of hydrogen-bond donors (Lipinski definition) is 1. The fourth-order valence-electron chi connectivity index (χ4n) is 3.09. The molecule has 2 aliphatic rings. The van der Waals surface area contributed by atoms with Crippen LogP contribution in [0, 0.1) is 0 Å². The summed E-state index contributed by atoms with van der Waals surface area (Å²) in [6, 6.07) is 9.08. The number of benzene rings is 1. The molecule has 0 spiro atoms. The molecular weight excluding hydrogens is 250 g/mol. The number of hydrogen-bond acceptors (Lipinski definition) is 3. The van der Waals surface area contributed by atoms with Crippen molar-refractivity contribution in [3.63, 3.8) is 0 Å². The summed E-state index contributed by atoms with van der Waals surface area (Å²) in [5.74, 6) is 1.10. The first-order valence-corrected chi connectivity index (χ1v) is 7.70. The molecule has 2 aromatic rings. The Hall–Kier alpha value is -1.39. The first-order valence-electron chi connectivity index (χ1n) is 7.70. The van der Waals surface area contributed by atoms with E-state index in [4.69, 9.17) is 9.72 Å². The Balaban J connectivity index is 1.57. The van der Waals surface area contributed by atoms with Crippen molar-refractivity contribution in [1.29, 1.82) is 0 Å². The van der Waals surface area contributed by atoms with Crippen molar-refractivity contribution in [2.45, 2.75) is 44.4 Å². The number of nitrogens with zero attached hydrogens (tertiary/aromatic N) is 2. The third-order valence-corrected chi connectivity index (χ3v) is 4.32. The van der Waals surface area contributed by atoms with Crippen LogP contribution in [-0.2, 0) is 11.3 Å². The highest BCUT2D eigenvalue weighted by Crippen LogP contribution is 2.38. The summed E-state index contributed by atoms with van der Waals surface area (Å²) in [4.78, 5) is 4.78. The van der Waals surface area contributed by atoms with Crippen LogP contribution in [0.15, 0.2) is 24.3 Å². The highest BCUT2D eigenvalue weighted by atomic mass is 16.5. The minimum Gasteiger partial charge on any atom is -0.370 e. The zero-order chi connectivity index (χ0) is 13.4. The van der Waals surface area contributed by atoms with Gasteiger partial charge >= 0.3 is 0 Å². The Morgan fingerprint density at radius 2 is 1.95 bits per heavy atom. The van der Waals surface area contributed by atoms with E-state index in [0.717, 1.165) is 37.3 Å². The van der Waals surface area contributed by atoms with Crippen molar-refractivity contribution in [3.05, 3.63) is 30.1 Å². The molecule has 1 saturated carbocycles. The average Bonchev–Trinajstić information content (AvgIpc) is 3.27. The summed E-state index contributed by atoms with van der Waals surface area (Å²) in [5.41, 5.74) is 2.36. The van der Waals surface area contributed by atoms with Gasteiger partial charge in [-0.25, -0.2) is 4.98 Å². The van der Waals surface area contributed by atoms with E-state index in [1.165, 1.54) is 18.4 Å². The second-order valence-corrected chi connectivity index (χ2v) is 5.88. The van der Waals surface area contributed by atoms with Crippen LogP contribution in [0.3, 0.4) is 0 Å². The zero-order valence-corrected chi connectivity index (χ0v) is 11.7. The molecule has 0 bridgehead atoms. The molecule has 0 amide bonds. The number of fused-ring (bicyclic) bond motifs is 1. The molecule has 2 fully saturated rings.